The Balaban J connectivity index is 0.000000959. The van der Waals surface area contributed by atoms with Crippen molar-refractivity contribution in [2.24, 2.45) is 11.8 Å². The Labute approximate surface area is 610 Å². The number of carbonyl (C=O) groups is 4. The number of halogens is 10. The van der Waals surface area contributed by atoms with E-state index in [0.29, 0.717) is 37.1 Å². The molecule has 0 saturated carbocycles. The predicted octanol–water partition coefficient (Wildman–Crippen LogP) is 12.4. The number of hydrogen-bond donors (Lipinski definition) is 2. The zero-order valence-electron chi connectivity index (χ0n) is 60.7. The van der Waals surface area contributed by atoms with Crippen molar-refractivity contribution < 1.29 is 102 Å². The number of aliphatic carboxylic acids is 1. The van der Waals surface area contributed by atoms with Gasteiger partial charge in [-0.3, -0.25) is 28.8 Å². The summed E-state index contributed by atoms with van der Waals surface area (Å²) in [7, 11) is 7.66. The molecule has 0 aliphatic rings. The number of carboxylic acids is 1. The van der Waals surface area contributed by atoms with Gasteiger partial charge in [0.25, 0.3) is 11.1 Å². The maximum Gasteiger partial charge on any atom is 1.00 e. The van der Waals surface area contributed by atoms with Gasteiger partial charge in [0.05, 0.1) is 42.7 Å². The van der Waals surface area contributed by atoms with E-state index in [1.54, 1.807) is 26.2 Å². The molecule has 0 radical (unpaired) electrons. The topological polar surface area (TPSA) is 192 Å². The predicted molar refractivity (Wildman–Crippen MR) is 376 cm³/mol. The van der Waals surface area contributed by atoms with E-state index < -0.39 is 142 Å². The second-order valence-corrected chi connectivity index (χ2v) is 26.6. The van der Waals surface area contributed by atoms with Crippen molar-refractivity contribution in [3.63, 3.8) is 0 Å². The third-order valence-corrected chi connectivity index (χ3v) is 17.4. The summed E-state index contributed by atoms with van der Waals surface area (Å²) in [5.41, 5.74) is -1.58. The van der Waals surface area contributed by atoms with Crippen molar-refractivity contribution in [2.45, 2.75) is 178 Å². The van der Waals surface area contributed by atoms with E-state index in [2.05, 4.69) is 0 Å². The Hall–Kier alpha value is -6.50. The third-order valence-electron chi connectivity index (χ3n) is 17.4. The van der Waals surface area contributed by atoms with Gasteiger partial charge in [-0.15, -0.1) is 0 Å². The number of aryl methyl sites for hydroxylation is 6. The number of alkyl halides is 6. The van der Waals surface area contributed by atoms with Crippen LogP contribution < -0.4 is 35.2 Å². The summed E-state index contributed by atoms with van der Waals surface area (Å²) >= 11 is 0. The average molecular weight is 1460 g/mol. The number of carboxylic acid groups (broad SMARTS) is 1. The summed E-state index contributed by atoms with van der Waals surface area (Å²) in [5.74, 6) is -10.8. The monoisotopic (exact) mass is 1460 g/mol. The molecule has 0 amide bonds. The Morgan fingerprint density at radius 1 is 0.525 bits per heavy atom. The molecule has 0 spiro atoms. The summed E-state index contributed by atoms with van der Waals surface area (Å²) in [4.78, 5) is 83.7. The van der Waals surface area contributed by atoms with Crippen LogP contribution in [0.25, 0.3) is 22.3 Å². The molecule has 27 heteroatoms. The number of pyridine rings is 2. The van der Waals surface area contributed by atoms with Gasteiger partial charge in [-0.05, 0) is 219 Å². The minimum atomic E-state index is -4.73. The minimum absolute atomic E-state index is 0. The fourth-order valence-electron chi connectivity index (χ4n) is 12.5. The fourth-order valence-corrected chi connectivity index (χ4v) is 12.5. The summed E-state index contributed by atoms with van der Waals surface area (Å²) < 4.78 is 156. The number of nitrogens with zero attached hydrogens (tertiary/aromatic N) is 4. The standard InChI is InChI=1S/C38H47F5N2O4.C36H43F5N2O4.Li.H2O2.2H2S/c1-10-49-33(48)19-27(18-31(46)30(15-21(2)3)45-20-26(13-14-44(8)9)23(5)17-32(45)47)35-36(39)24(6)16-28(37(35)40)34-22(4)11-12-29(25(34)7)38(41,42)43;1-19(2)13-28(43-18-24(11-12-42(7)8)21(4)15-30(43)45)29(44)16-25(17-31(46)47)33-34(37)22(5)14-26(35(33)38)32-20(3)9-10-27(23(32)6)36(39,40)41;;1-2;;/h11-12,16-17,20-21,27,30H,10,13-15,18-19H2,1-9H3;9-10,14-15,18-19,25,28H,11-13,16-17H2,1-8H3,(H,46,47);;1-2H;2*1H2/q;;+1;;;/p-1/t27-,30?;25-,28?;;;;/m00..../s1. The number of Topliss-reactive ketones (excluding diaryl/α,β-unsaturated/α-hetero) is 2. The zero-order valence-corrected chi connectivity index (χ0v) is 62.7. The molecule has 0 fully saturated rings. The average Bonchev–Trinajstić information content (AvgIpc) is 0.763. The molecule has 2 heterocycles. The molecule has 554 valence electrons. The number of hydrogen-bond acceptors (Lipinski definition) is 11. The molecule has 101 heavy (non-hydrogen) atoms. The largest absolute Gasteiger partial charge is 1.00 e. The van der Waals surface area contributed by atoms with Gasteiger partial charge in [0.15, 0.2) is 11.6 Å². The van der Waals surface area contributed by atoms with Gasteiger partial charge in [-0.25, -0.2) is 17.6 Å². The number of benzene rings is 4. The molecule has 4 atom stereocenters. The molecule has 4 aromatic carbocycles. The molecule has 6 rings (SSSR count). The number of rotatable bonds is 27. The number of aromatic nitrogens is 2. The molecule has 2 unspecified atom stereocenters. The van der Waals surface area contributed by atoms with Crippen molar-refractivity contribution in [1.82, 2.24) is 18.9 Å². The van der Waals surface area contributed by atoms with Gasteiger partial charge in [-0.1, -0.05) is 39.8 Å². The molecule has 2 N–H and O–H groups in total. The van der Waals surface area contributed by atoms with Crippen LogP contribution in [0.4, 0.5) is 43.9 Å². The first-order valence-corrected chi connectivity index (χ1v) is 32.2. The molecule has 0 aliphatic heterocycles. The second kappa shape index (κ2) is 40.0. The molecular weight excluding hydrogens is 1370 g/mol. The first-order valence-electron chi connectivity index (χ1n) is 32.2. The molecule has 6 aromatic rings. The van der Waals surface area contributed by atoms with Crippen molar-refractivity contribution in [3.05, 3.63) is 183 Å². The summed E-state index contributed by atoms with van der Waals surface area (Å²) in [5, 5.41) is 22.8. The van der Waals surface area contributed by atoms with Crippen molar-refractivity contribution in [1.29, 1.82) is 0 Å². The van der Waals surface area contributed by atoms with Gasteiger partial charge in [0.2, 0.25) is 0 Å². The van der Waals surface area contributed by atoms with E-state index in [1.165, 1.54) is 74.9 Å². The van der Waals surface area contributed by atoms with Gasteiger partial charge >= 0.3 is 43.2 Å². The summed E-state index contributed by atoms with van der Waals surface area (Å²) in [6.07, 6.45) is -7.03. The number of carbonyl (C=O) groups excluding carboxylic acids is 3. The molecule has 14 nitrogen and oxygen atoms in total. The van der Waals surface area contributed by atoms with Gasteiger partial charge < -0.3 is 39.3 Å². The van der Waals surface area contributed by atoms with Crippen LogP contribution in [-0.4, -0.2) is 101 Å². The summed E-state index contributed by atoms with van der Waals surface area (Å²) in [6.45, 7) is 22.1. The maximum absolute atomic E-state index is 16.7. The Morgan fingerprint density at radius 3 is 1.16 bits per heavy atom. The summed E-state index contributed by atoms with van der Waals surface area (Å²) in [6, 6.07) is 7.35. The van der Waals surface area contributed by atoms with E-state index in [9.17, 15) is 60.2 Å². The van der Waals surface area contributed by atoms with Crippen LogP contribution in [-0.2, 0) is 49.1 Å². The van der Waals surface area contributed by atoms with Crippen molar-refractivity contribution in [3.8, 4) is 22.3 Å². The van der Waals surface area contributed by atoms with Gasteiger partial charge in [0, 0.05) is 84.5 Å². The van der Waals surface area contributed by atoms with Crippen molar-refractivity contribution in [2.75, 3.05) is 47.9 Å². The van der Waals surface area contributed by atoms with E-state index in [1.807, 2.05) is 72.6 Å². The smallest absolute Gasteiger partial charge is 0.727 e. The Kier molecular flexibility index (Phi) is 36.6. The molecule has 2 aromatic heterocycles. The third kappa shape index (κ3) is 24.0. The SMILES string of the molecule is CCOC(=O)C[C@H](CC(=O)C(CC(C)C)n1cc(CCN(C)C)c(C)cc1=O)c1c(F)c(C)cc(-c2c(C)ccc(C(F)(F)F)c2C)c1F.Cc1cc(=O)n(C(CC(C)C)C(=O)C[C@@H](CC(=O)O)c2c(F)c(C)cc(-c3c(C)ccc(C(F)(F)F)c3C)c2F)cc1CCN(C)C.S.S.[Li+].[O-]O. The molecule has 0 saturated heterocycles. The Morgan fingerprint density at radius 2 is 0.861 bits per heavy atom. The van der Waals surface area contributed by atoms with Crippen molar-refractivity contribution >= 4 is 50.5 Å². The second-order valence-electron chi connectivity index (χ2n) is 26.6. The van der Waals surface area contributed by atoms with E-state index in [-0.39, 0.29) is 122 Å². The van der Waals surface area contributed by atoms with Crippen LogP contribution in [0.2, 0.25) is 0 Å². The fraction of sp³-hybridized carbons (Fsp3) is 0.486. The van der Waals surface area contributed by atoms with Gasteiger partial charge in [0.1, 0.15) is 23.3 Å². The van der Waals surface area contributed by atoms with E-state index >= 15 is 17.6 Å². The van der Waals surface area contributed by atoms with Crippen LogP contribution in [0.1, 0.15) is 175 Å². The van der Waals surface area contributed by atoms with Gasteiger partial charge in [-0.2, -0.15) is 53.3 Å². The number of ether oxygens (including phenoxy) is 1. The normalized spacial score (nSPS) is 12.7. The van der Waals surface area contributed by atoms with Crippen LogP contribution >= 0.6 is 27.0 Å². The maximum atomic E-state index is 16.7. The number of likely N-dealkylation sites (N-methyl/N-ethyl adjacent to an activating group) is 2. The van der Waals surface area contributed by atoms with E-state index in [0.717, 1.165) is 46.5 Å². The molecule has 0 bridgehead atoms. The quantitative estimate of drug-likeness (QED) is 0.0163. The van der Waals surface area contributed by atoms with Crippen LogP contribution in [0.5, 0.6) is 0 Å². The molecule has 0 aliphatic carbocycles. The van der Waals surface area contributed by atoms with Crippen LogP contribution in [0, 0.1) is 90.5 Å². The zero-order chi connectivity index (χ0) is 74.5. The number of ketones is 2. The van der Waals surface area contributed by atoms with Crippen LogP contribution in [0.15, 0.2) is 70.5 Å². The van der Waals surface area contributed by atoms with Crippen LogP contribution in [0.3, 0.4) is 0 Å². The number of esters is 1. The molecular formula is C74H95F10LiN4O10S2. The Bertz CT molecular complexity index is 3990. The first-order chi connectivity index (χ1) is 45.5. The first kappa shape index (κ1) is 92.5. The van der Waals surface area contributed by atoms with E-state index in [4.69, 9.17) is 15.3 Å². The minimum Gasteiger partial charge on any atom is -0.727 e.